The Bertz CT molecular complexity index is 915. The van der Waals surface area contributed by atoms with Gasteiger partial charge >= 0.3 is 0 Å². The summed E-state index contributed by atoms with van der Waals surface area (Å²) in [5.41, 5.74) is 1.30. The van der Waals surface area contributed by atoms with Gasteiger partial charge in [-0.15, -0.1) is 11.3 Å². The normalized spacial score (nSPS) is 31.8. The van der Waals surface area contributed by atoms with Gasteiger partial charge in [-0.3, -0.25) is 4.72 Å². The number of thiazole rings is 1. The van der Waals surface area contributed by atoms with Crippen molar-refractivity contribution in [3.05, 3.63) is 35.3 Å². The van der Waals surface area contributed by atoms with Gasteiger partial charge in [0.05, 0.1) is 17.7 Å². The molecule has 4 bridgehead atoms. The summed E-state index contributed by atoms with van der Waals surface area (Å²) in [6, 6.07) is 6.40. The smallest absolute Gasteiger partial charge is 0.263 e. The van der Waals surface area contributed by atoms with Gasteiger partial charge in [-0.1, -0.05) is 0 Å². The molecule has 27 heavy (non-hydrogen) atoms. The van der Waals surface area contributed by atoms with Crippen LogP contribution in [0.25, 0.3) is 0 Å². The molecule has 0 radical (unpaired) electrons. The number of hydrogen-bond donors (Lipinski definition) is 1. The van der Waals surface area contributed by atoms with Crippen molar-refractivity contribution in [2.24, 2.45) is 17.8 Å². The van der Waals surface area contributed by atoms with Gasteiger partial charge in [0.25, 0.3) is 10.0 Å². The first kappa shape index (κ1) is 17.5. The van der Waals surface area contributed by atoms with Crippen LogP contribution in [0.1, 0.15) is 44.2 Å². The number of aromatic nitrogens is 1. The Morgan fingerprint density at radius 1 is 1.07 bits per heavy atom. The Hall–Kier alpha value is -1.60. The predicted octanol–water partition coefficient (Wildman–Crippen LogP) is 4.42. The predicted molar refractivity (Wildman–Crippen MR) is 106 cm³/mol. The van der Waals surface area contributed by atoms with Gasteiger partial charge in [0.1, 0.15) is 5.75 Å². The van der Waals surface area contributed by atoms with Gasteiger partial charge in [0, 0.05) is 10.8 Å². The Morgan fingerprint density at radius 3 is 2.22 bits per heavy atom. The molecular formula is C20H24N2O3S2. The standard InChI is InChI=1S/C20H24N2O3S2/c1-25-16-2-4-17(5-3-16)27(23,24)22-19-21-18(12-26-19)20-9-13-6-14(10-20)8-15(7-13)11-20/h2-5,12-15H,6-11H2,1H3,(H,21,22). The molecule has 0 saturated heterocycles. The molecule has 0 amide bonds. The zero-order valence-electron chi connectivity index (χ0n) is 15.3. The summed E-state index contributed by atoms with van der Waals surface area (Å²) in [6.45, 7) is 0. The van der Waals surface area contributed by atoms with Crippen LogP contribution in [0, 0.1) is 17.8 Å². The fraction of sp³-hybridized carbons (Fsp3) is 0.550. The van der Waals surface area contributed by atoms with Crippen molar-refractivity contribution in [2.45, 2.75) is 48.8 Å². The van der Waals surface area contributed by atoms with Gasteiger partial charge in [-0.2, -0.15) is 0 Å². The van der Waals surface area contributed by atoms with Crippen LogP contribution in [-0.4, -0.2) is 20.5 Å². The summed E-state index contributed by atoms with van der Waals surface area (Å²) in [5.74, 6) is 3.17. The van der Waals surface area contributed by atoms with Crippen molar-refractivity contribution in [1.82, 2.24) is 4.98 Å². The topological polar surface area (TPSA) is 68.3 Å². The lowest BCUT2D eigenvalue weighted by molar-refractivity contribution is -0.00688. The van der Waals surface area contributed by atoms with E-state index in [4.69, 9.17) is 9.72 Å². The quantitative estimate of drug-likeness (QED) is 0.801. The van der Waals surface area contributed by atoms with E-state index in [1.165, 1.54) is 49.9 Å². The van der Waals surface area contributed by atoms with E-state index in [0.717, 1.165) is 23.4 Å². The number of hydrogen-bond acceptors (Lipinski definition) is 5. The third-order valence-electron chi connectivity index (χ3n) is 6.68. The van der Waals surface area contributed by atoms with E-state index in [-0.39, 0.29) is 10.3 Å². The van der Waals surface area contributed by atoms with Crippen LogP contribution in [-0.2, 0) is 15.4 Å². The molecule has 6 rings (SSSR count). The average Bonchev–Trinajstić information content (AvgIpc) is 3.09. The Labute approximate surface area is 164 Å². The number of anilines is 1. The maximum Gasteiger partial charge on any atom is 0.263 e. The van der Waals surface area contributed by atoms with Crippen LogP contribution in [0.15, 0.2) is 34.5 Å². The molecule has 4 fully saturated rings. The minimum atomic E-state index is -3.64. The van der Waals surface area contributed by atoms with Crippen LogP contribution < -0.4 is 9.46 Å². The van der Waals surface area contributed by atoms with Gasteiger partial charge in [0.15, 0.2) is 5.13 Å². The summed E-state index contributed by atoms with van der Waals surface area (Å²) >= 11 is 1.40. The fourth-order valence-corrected chi connectivity index (χ4v) is 8.00. The van der Waals surface area contributed by atoms with Gasteiger partial charge < -0.3 is 4.74 Å². The summed E-state index contributed by atoms with van der Waals surface area (Å²) in [7, 11) is -2.08. The van der Waals surface area contributed by atoms with Crippen LogP contribution >= 0.6 is 11.3 Å². The number of methoxy groups -OCH3 is 1. The van der Waals surface area contributed by atoms with Crippen LogP contribution in [0.3, 0.4) is 0 Å². The van der Waals surface area contributed by atoms with E-state index in [0.29, 0.717) is 10.9 Å². The minimum absolute atomic E-state index is 0.190. The molecule has 144 valence electrons. The largest absolute Gasteiger partial charge is 0.497 e. The summed E-state index contributed by atoms with van der Waals surface area (Å²) in [4.78, 5) is 4.97. The molecule has 0 spiro atoms. The number of nitrogens with zero attached hydrogens (tertiary/aromatic N) is 1. The highest BCUT2D eigenvalue weighted by molar-refractivity contribution is 7.93. The van der Waals surface area contributed by atoms with Gasteiger partial charge in [-0.05, 0) is 80.5 Å². The van der Waals surface area contributed by atoms with Crippen molar-refractivity contribution in [3.63, 3.8) is 0 Å². The molecule has 4 aliphatic rings. The molecule has 1 aromatic heterocycles. The zero-order valence-corrected chi connectivity index (χ0v) is 17.0. The Balaban J connectivity index is 1.38. The molecular weight excluding hydrogens is 380 g/mol. The molecule has 5 nitrogen and oxygen atoms in total. The summed E-state index contributed by atoms with van der Waals surface area (Å²) < 4.78 is 33.1. The number of sulfonamides is 1. The number of ether oxygens (including phenoxy) is 1. The molecule has 1 aromatic carbocycles. The molecule has 4 saturated carbocycles. The third-order valence-corrected chi connectivity index (χ3v) is 8.92. The molecule has 4 aliphatic carbocycles. The third kappa shape index (κ3) is 3.05. The second-order valence-electron chi connectivity index (χ2n) is 8.52. The summed E-state index contributed by atoms with van der Waals surface area (Å²) in [5, 5.41) is 2.55. The minimum Gasteiger partial charge on any atom is -0.497 e. The van der Waals surface area contributed by atoms with Crippen LogP contribution in [0.5, 0.6) is 5.75 Å². The zero-order chi connectivity index (χ0) is 18.6. The number of rotatable bonds is 5. The molecule has 0 aliphatic heterocycles. The van der Waals surface area contributed by atoms with Gasteiger partial charge in [0.2, 0.25) is 0 Å². The highest BCUT2D eigenvalue weighted by Gasteiger charge is 2.52. The Kier molecular flexibility index (Phi) is 4.02. The average molecular weight is 405 g/mol. The number of nitrogens with one attached hydrogen (secondary N) is 1. The molecule has 0 atom stereocenters. The molecule has 2 aromatic rings. The second kappa shape index (κ2) is 6.21. The van der Waals surface area contributed by atoms with E-state index in [1.54, 1.807) is 31.4 Å². The van der Waals surface area contributed by atoms with Gasteiger partial charge in [-0.25, -0.2) is 13.4 Å². The highest BCUT2D eigenvalue weighted by Crippen LogP contribution is 2.60. The summed E-state index contributed by atoms with van der Waals surface area (Å²) in [6.07, 6.45) is 7.86. The first-order chi connectivity index (χ1) is 13.0. The van der Waals surface area contributed by atoms with Crippen molar-refractivity contribution in [1.29, 1.82) is 0 Å². The monoisotopic (exact) mass is 404 g/mol. The fourth-order valence-electron chi connectivity index (χ4n) is 5.92. The molecule has 7 heteroatoms. The first-order valence-corrected chi connectivity index (χ1v) is 11.9. The second-order valence-corrected chi connectivity index (χ2v) is 11.1. The van der Waals surface area contributed by atoms with Crippen molar-refractivity contribution < 1.29 is 13.2 Å². The number of benzene rings is 1. The van der Waals surface area contributed by atoms with E-state index in [9.17, 15) is 8.42 Å². The van der Waals surface area contributed by atoms with Crippen molar-refractivity contribution in [3.8, 4) is 5.75 Å². The van der Waals surface area contributed by atoms with Crippen LogP contribution in [0.2, 0.25) is 0 Å². The molecule has 0 unspecified atom stereocenters. The van der Waals surface area contributed by atoms with Crippen LogP contribution in [0.4, 0.5) is 5.13 Å². The SMILES string of the molecule is COc1ccc(S(=O)(=O)Nc2nc(C34CC5CC(CC(C5)C3)C4)cs2)cc1. The maximum atomic E-state index is 12.7. The lowest BCUT2D eigenvalue weighted by atomic mass is 9.49. The van der Waals surface area contributed by atoms with E-state index in [2.05, 4.69) is 10.1 Å². The van der Waals surface area contributed by atoms with E-state index >= 15 is 0 Å². The lowest BCUT2D eigenvalue weighted by Crippen LogP contribution is -2.48. The van der Waals surface area contributed by atoms with Crippen molar-refractivity contribution in [2.75, 3.05) is 11.8 Å². The van der Waals surface area contributed by atoms with E-state index < -0.39 is 10.0 Å². The highest BCUT2D eigenvalue weighted by atomic mass is 32.2. The molecule has 1 heterocycles. The Morgan fingerprint density at radius 2 is 1.67 bits per heavy atom. The lowest BCUT2D eigenvalue weighted by Gasteiger charge is -2.56. The molecule has 1 N–H and O–H groups in total. The maximum absolute atomic E-state index is 12.7. The van der Waals surface area contributed by atoms with E-state index in [1.807, 2.05) is 0 Å². The first-order valence-electron chi connectivity index (χ1n) is 9.59. The van der Waals surface area contributed by atoms with Crippen molar-refractivity contribution >= 4 is 26.5 Å².